The molecule has 2 fully saturated rings. The van der Waals surface area contributed by atoms with Crippen molar-refractivity contribution in [2.75, 3.05) is 29.4 Å². The second kappa shape index (κ2) is 6.30. The average molecular weight is 357 g/mol. The second-order valence-electron chi connectivity index (χ2n) is 6.97. The first-order valence-electron chi connectivity index (χ1n) is 8.70. The molecule has 2 aromatic rings. The summed E-state index contributed by atoms with van der Waals surface area (Å²) in [5.74, 6) is 0.914. The molecule has 5 nitrogen and oxygen atoms in total. The van der Waals surface area contributed by atoms with E-state index in [9.17, 15) is 4.79 Å². The van der Waals surface area contributed by atoms with Crippen LogP contribution in [0.2, 0.25) is 5.15 Å². The molecule has 0 aliphatic carbocycles. The molecule has 2 saturated heterocycles. The zero-order valence-electron chi connectivity index (χ0n) is 14.3. The van der Waals surface area contributed by atoms with E-state index in [0.717, 1.165) is 43.6 Å². The molecule has 1 aromatic heterocycles. The minimum absolute atomic E-state index is 0.228. The van der Waals surface area contributed by atoms with Crippen LogP contribution in [0.15, 0.2) is 36.7 Å². The number of aryl methyl sites for hydroxylation is 1. The topological polar surface area (TPSA) is 49.3 Å². The van der Waals surface area contributed by atoms with Crippen molar-refractivity contribution in [3.8, 4) is 0 Å². The molecule has 0 radical (unpaired) electrons. The summed E-state index contributed by atoms with van der Waals surface area (Å²) in [6.07, 6.45) is 5.99. The minimum Gasteiger partial charge on any atom is -0.353 e. The molecule has 1 amide bonds. The Hall–Kier alpha value is -2.14. The number of aromatic nitrogens is 2. The SMILES string of the molecule is Cc1ccccc1N1CCC2(CCCN(c3nccnc3Cl)C2)C1=O. The number of carbonyl (C=O) groups is 1. The Labute approximate surface area is 152 Å². The largest absolute Gasteiger partial charge is 0.353 e. The molecule has 25 heavy (non-hydrogen) atoms. The van der Waals surface area contributed by atoms with E-state index in [2.05, 4.69) is 27.9 Å². The van der Waals surface area contributed by atoms with Crippen molar-refractivity contribution in [2.45, 2.75) is 26.2 Å². The van der Waals surface area contributed by atoms with Gasteiger partial charge in [-0.25, -0.2) is 9.97 Å². The number of anilines is 2. The maximum Gasteiger partial charge on any atom is 0.235 e. The maximum absolute atomic E-state index is 13.3. The Balaban J connectivity index is 1.61. The van der Waals surface area contributed by atoms with E-state index in [0.29, 0.717) is 17.5 Å². The van der Waals surface area contributed by atoms with Crippen LogP contribution in [0.25, 0.3) is 0 Å². The van der Waals surface area contributed by atoms with Gasteiger partial charge in [-0.15, -0.1) is 0 Å². The van der Waals surface area contributed by atoms with Crippen molar-refractivity contribution < 1.29 is 4.79 Å². The van der Waals surface area contributed by atoms with Gasteiger partial charge in [-0.1, -0.05) is 29.8 Å². The van der Waals surface area contributed by atoms with Crippen LogP contribution in [0, 0.1) is 12.3 Å². The van der Waals surface area contributed by atoms with Gasteiger partial charge in [0.1, 0.15) is 0 Å². The van der Waals surface area contributed by atoms with E-state index < -0.39 is 0 Å². The quantitative estimate of drug-likeness (QED) is 0.826. The third kappa shape index (κ3) is 2.76. The molecular formula is C19H21ClN4O. The summed E-state index contributed by atoms with van der Waals surface area (Å²) in [5, 5.41) is 0.403. The molecule has 2 aliphatic rings. The summed E-state index contributed by atoms with van der Waals surface area (Å²) in [6, 6.07) is 8.09. The van der Waals surface area contributed by atoms with Crippen molar-refractivity contribution >= 4 is 29.0 Å². The van der Waals surface area contributed by atoms with Gasteiger partial charge in [0, 0.05) is 37.7 Å². The molecule has 1 aromatic carbocycles. The number of amides is 1. The third-order valence-corrected chi connectivity index (χ3v) is 5.70. The van der Waals surface area contributed by atoms with Gasteiger partial charge in [-0.05, 0) is 37.8 Å². The fourth-order valence-electron chi connectivity index (χ4n) is 4.13. The highest BCUT2D eigenvalue weighted by atomic mass is 35.5. The van der Waals surface area contributed by atoms with Crippen LogP contribution < -0.4 is 9.80 Å². The molecule has 1 spiro atoms. The lowest BCUT2D eigenvalue weighted by Crippen LogP contribution is -2.48. The van der Waals surface area contributed by atoms with Gasteiger partial charge in [0.2, 0.25) is 5.91 Å². The van der Waals surface area contributed by atoms with Crippen molar-refractivity contribution in [1.29, 1.82) is 0 Å². The van der Waals surface area contributed by atoms with Crippen molar-refractivity contribution in [2.24, 2.45) is 5.41 Å². The molecule has 1 unspecified atom stereocenters. The predicted octanol–water partition coefficient (Wildman–Crippen LogP) is 3.46. The van der Waals surface area contributed by atoms with Crippen LogP contribution in [0.5, 0.6) is 0 Å². The van der Waals surface area contributed by atoms with E-state index >= 15 is 0 Å². The highest BCUT2D eigenvalue weighted by Gasteiger charge is 2.49. The summed E-state index contributed by atoms with van der Waals surface area (Å²) in [4.78, 5) is 25.9. The van der Waals surface area contributed by atoms with Crippen molar-refractivity contribution in [3.63, 3.8) is 0 Å². The van der Waals surface area contributed by atoms with Crippen LogP contribution in [0.4, 0.5) is 11.5 Å². The highest BCUT2D eigenvalue weighted by Crippen LogP contribution is 2.43. The molecule has 1 atom stereocenters. The lowest BCUT2D eigenvalue weighted by Gasteiger charge is -2.39. The summed E-state index contributed by atoms with van der Waals surface area (Å²) >= 11 is 6.22. The molecule has 130 valence electrons. The molecular weight excluding hydrogens is 336 g/mol. The number of hydrogen-bond acceptors (Lipinski definition) is 4. The Morgan fingerprint density at radius 2 is 1.92 bits per heavy atom. The Kier molecular flexibility index (Phi) is 4.12. The van der Waals surface area contributed by atoms with E-state index in [4.69, 9.17) is 11.6 Å². The van der Waals surface area contributed by atoms with E-state index in [-0.39, 0.29) is 11.3 Å². The third-order valence-electron chi connectivity index (χ3n) is 5.43. The molecule has 0 saturated carbocycles. The summed E-state index contributed by atoms with van der Waals surface area (Å²) < 4.78 is 0. The highest BCUT2D eigenvalue weighted by molar-refractivity contribution is 6.31. The predicted molar refractivity (Wildman–Crippen MR) is 99.1 cm³/mol. The standard InChI is InChI=1S/C19H21ClN4O/c1-14-5-2-3-6-15(14)24-12-8-19(18(24)25)7-4-11-23(13-19)17-16(20)21-9-10-22-17/h2-3,5-6,9-10H,4,7-8,11-13H2,1H3. The Morgan fingerprint density at radius 3 is 2.72 bits per heavy atom. The van der Waals surface area contributed by atoms with Gasteiger partial charge in [-0.2, -0.15) is 0 Å². The summed E-state index contributed by atoms with van der Waals surface area (Å²) in [5.41, 5.74) is 1.82. The first-order valence-corrected chi connectivity index (χ1v) is 9.08. The van der Waals surface area contributed by atoms with Crippen LogP contribution >= 0.6 is 11.6 Å². The Morgan fingerprint density at radius 1 is 1.12 bits per heavy atom. The summed E-state index contributed by atoms with van der Waals surface area (Å²) in [7, 11) is 0. The van der Waals surface area contributed by atoms with E-state index in [1.807, 2.05) is 23.1 Å². The van der Waals surface area contributed by atoms with Gasteiger partial charge in [0.25, 0.3) is 0 Å². The maximum atomic E-state index is 13.3. The fraction of sp³-hybridized carbons (Fsp3) is 0.421. The van der Waals surface area contributed by atoms with Gasteiger partial charge >= 0.3 is 0 Å². The van der Waals surface area contributed by atoms with Crippen LogP contribution in [-0.2, 0) is 4.79 Å². The number of halogens is 1. The number of rotatable bonds is 2. The molecule has 2 aliphatic heterocycles. The van der Waals surface area contributed by atoms with Crippen LogP contribution in [0.1, 0.15) is 24.8 Å². The fourth-order valence-corrected chi connectivity index (χ4v) is 4.36. The lowest BCUT2D eigenvalue weighted by atomic mass is 9.78. The number of benzene rings is 1. The lowest BCUT2D eigenvalue weighted by molar-refractivity contribution is -0.126. The van der Waals surface area contributed by atoms with Gasteiger partial charge < -0.3 is 9.80 Å². The summed E-state index contributed by atoms with van der Waals surface area (Å²) in [6.45, 7) is 4.34. The van der Waals surface area contributed by atoms with Crippen molar-refractivity contribution in [3.05, 3.63) is 47.4 Å². The van der Waals surface area contributed by atoms with E-state index in [1.165, 1.54) is 0 Å². The minimum atomic E-state index is -0.346. The number of carbonyl (C=O) groups excluding carboxylic acids is 1. The molecule has 6 heteroatoms. The zero-order chi connectivity index (χ0) is 17.4. The van der Waals surface area contributed by atoms with Gasteiger partial charge in [-0.3, -0.25) is 4.79 Å². The first kappa shape index (κ1) is 16.3. The van der Waals surface area contributed by atoms with Gasteiger partial charge in [0.15, 0.2) is 11.0 Å². The normalized spacial score (nSPS) is 23.5. The first-order chi connectivity index (χ1) is 12.1. The molecule has 0 N–H and O–H groups in total. The number of nitrogens with zero attached hydrogens (tertiary/aromatic N) is 4. The second-order valence-corrected chi connectivity index (χ2v) is 7.33. The molecule has 4 rings (SSSR count). The molecule has 0 bridgehead atoms. The van der Waals surface area contributed by atoms with Gasteiger partial charge in [0.05, 0.1) is 5.41 Å². The Bertz CT molecular complexity index is 812. The van der Waals surface area contributed by atoms with Crippen molar-refractivity contribution in [1.82, 2.24) is 9.97 Å². The number of hydrogen-bond donors (Lipinski definition) is 0. The van der Waals surface area contributed by atoms with E-state index in [1.54, 1.807) is 12.4 Å². The molecule has 3 heterocycles. The average Bonchev–Trinajstić information content (AvgIpc) is 2.92. The van der Waals surface area contributed by atoms with Crippen LogP contribution in [0.3, 0.4) is 0 Å². The number of piperidine rings is 1. The van der Waals surface area contributed by atoms with Crippen LogP contribution in [-0.4, -0.2) is 35.5 Å². The smallest absolute Gasteiger partial charge is 0.235 e. The number of para-hydroxylation sites is 1. The zero-order valence-corrected chi connectivity index (χ0v) is 15.0. The monoisotopic (exact) mass is 356 g/mol.